The van der Waals surface area contributed by atoms with Crippen LogP contribution in [-0.2, 0) is 23.8 Å². The highest BCUT2D eigenvalue weighted by molar-refractivity contribution is 6.14. The molecule has 6 rings (SSSR count). The highest BCUT2D eigenvalue weighted by Gasteiger charge is 2.60. The number of aryl methyl sites for hydroxylation is 1. The zero-order valence-electron chi connectivity index (χ0n) is 19.2. The number of amides is 1. The Hall–Kier alpha value is -4.90. The molecule has 176 valence electrons. The fourth-order valence-electron chi connectivity index (χ4n) is 5.42. The summed E-state index contributed by atoms with van der Waals surface area (Å²) in [6.45, 7) is 0.0397. The SMILES string of the molecule is Cn1c(=O)c2c(c3ccccc31)OC(N)=C(C#N)[C@]21C(=O)N(Cc2cccc(F)c2)c2ccccc21. The van der Waals surface area contributed by atoms with Gasteiger partial charge in [0.2, 0.25) is 11.8 Å². The molecular formula is C28H19FN4O3. The highest BCUT2D eigenvalue weighted by Crippen LogP contribution is 2.55. The number of pyridine rings is 1. The quantitative estimate of drug-likeness (QED) is 0.475. The van der Waals surface area contributed by atoms with Gasteiger partial charge in [-0.25, -0.2) is 4.39 Å². The summed E-state index contributed by atoms with van der Waals surface area (Å²) < 4.78 is 21.3. The van der Waals surface area contributed by atoms with Gasteiger partial charge in [-0.05, 0) is 35.9 Å². The Morgan fingerprint density at radius 3 is 2.58 bits per heavy atom. The van der Waals surface area contributed by atoms with E-state index in [0.29, 0.717) is 27.7 Å². The number of hydrogen-bond donors (Lipinski definition) is 1. The Bertz CT molecular complexity index is 1750. The molecule has 0 bridgehead atoms. The topological polar surface area (TPSA) is 101 Å². The third kappa shape index (κ3) is 2.65. The molecule has 1 atom stereocenters. The van der Waals surface area contributed by atoms with Crippen LogP contribution in [0.4, 0.5) is 10.1 Å². The zero-order chi connectivity index (χ0) is 25.2. The van der Waals surface area contributed by atoms with E-state index < -0.39 is 22.7 Å². The van der Waals surface area contributed by atoms with Crippen LogP contribution >= 0.6 is 0 Å². The van der Waals surface area contributed by atoms with Crippen LogP contribution in [0, 0.1) is 17.1 Å². The van der Waals surface area contributed by atoms with Gasteiger partial charge in [-0.1, -0.05) is 42.5 Å². The lowest BCUT2D eigenvalue weighted by atomic mass is 9.69. The van der Waals surface area contributed by atoms with Crippen LogP contribution in [0.3, 0.4) is 0 Å². The number of rotatable bonds is 2. The van der Waals surface area contributed by atoms with Crippen molar-refractivity contribution >= 4 is 22.5 Å². The Kier molecular flexibility index (Phi) is 4.53. The second-order valence-electron chi connectivity index (χ2n) is 8.83. The first-order valence-corrected chi connectivity index (χ1v) is 11.3. The number of halogens is 1. The number of hydrogen-bond acceptors (Lipinski definition) is 5. The van der Waals surface area contributed by atoms with Crippen molar-refractivity contribution in [3.05, 3.63) is 117 Å². The van der Waals surface area contributed by atoms with Gasteiger partial charge in [-0.2, -0.15) is 5.26 Å². The predicted octanol–water partition coefficient (Wildman–Crippen LogP) is 3.60. The molecule has 0 fully saturated rings. The third-order valence-corrected chi connectivity index (χ3v) is 6.97. The van der Waals surface area contributed by atoms with E-state index in [4.69, 9.17) is 10.5 Å². The maximum Gasteiger partial charge on any atom is 0.259 e. The lowest BCUT2D eigenvalue weighted by Crippen LogP contribution is -2.49. The third-order valence-electron chi connectivity index (χ3n) is 6.97. The number of carbonyl (C=O) groups is 1. The van der Waals surface area contributed by atoms with E-state index in [9.17, 15) is 19.2 Å². The fourth-order valence-corrected chi connectivity index (χ4v) is 5.42. The molecule has 1 amide bonds. The molecule has 7 nitrogen and oxygen atoms in total. The molecule has 1 spiro atoms. The molecule has 0 aliphatic carbocycles. The molecule has 2 N–H and O–H groups in total. The van der Waals surface area contributed by atoms with E-state index in [2.05, 4.69) is 6.07 Å². The molecule has 0 saturated heterocycles. The first-order valence-electron chi connectivity index (χ1n) is 11.3. The van der Waals surface area contributed by atoms with E-state index in [1.54, 1.807) is 67.7 Å². The summed E-state index contributed by atoms with van der Waals surface area (Å²) >= 11 is 0. The average molecular weight is 478 g/mol. The number of carbonyl (C=O) groups excluding carboxylic acids is 1. The van der Waals surface area contributed by atoms with Crippen molar-refractivity contribution in [2.75, 3.05) is 4.90 Å². The molecule has 0 radical (unpaired) electrons. The van der Waals surface area contributed by atoms with Crippen molar-refractivity contribution in [3.63, 3.8) is 0 Å². The number of para-hydroxylation sites is 2. The number of anilines is 1. The first kappa shape index (κ1) is 21.6. The van der Waals surface area contributed by atoms with Gasteiger partial charge in [0, 0.05) is 23.7 Å². The predicted molar refractivity (Wildman–Crippen MR) is 131 cm³/mol. The Balaban J connectivity index is 1.72. The van der Waals surface area contributed by atoms with Crippen molar-refractivity contribution in [2.45, 2.75) is 12.0 Å². The summed E-state index contributed by atoms with van der Waals surface area (Å²) in [5.41, 5.74) is 6.00. The maximum atomic E-state index is 14.5. The van der Waals surface area contributed by atoms with Gasteiger partial charge >= 0.3 is 0 Å². The minimum atomic E-state index is -1.81. The lowest BCUT2D eigenvalue weighted by Gasteiger charge is -2.34. The van der Waals surface area contributed by atoms with Crippen molar-refractivity contribution in [2.24, 2.45) is 12.8 Å². The number of benzene rings is 3. The van der Waals surface area contributed by atoms with Crippen LogP contribution in [0.25, 0.3) is 10.9 Å². The number of ether oxygens (including phenoxy) is 1. The van der Waals surface area contributed by atoms with Gasteiger partial charge < -0.3 is 19.9 Å². The number of aromatic nitrogens is 1. The molecule has 1 aromatic heterocycles. The van der Waals surface area contributed by atoms with E-state index in [-0.39, 0.29) is 29.3 Å². The molecule has 36 heavy (non-hydrogen) atoms. The van der Waals surface area contributed by atoms with Gasteiger partial charge in [0.25, 0.3) is 5.56 Å². The zero-order valence-corrected chi connectivity index (χ0v) is 19.2. The number of nitrogens with two attached hydrogens (primary N) is 1. The largest absolute Gasteiger partial charge is 0.439 e. The highest BCUT2D eigenvalue weighted by atomic mass is 19.1. The summed E-state index contributed by atoms with van der Waals surface area (Å²) in [5.74, 6) is -1.04. The summed E-state index contributed by atoms with van der Waals surface area (Å²) in [7, 11) is 1.61. The van der Waals surface area contributed by atoms with Crippen LogP contribution in [0.2, 0.25) is 0 Å². The lowest BCUT2D eigenvalue weighted by molar-refractivity contribution is -0.121. The summed E-state index contributed by atoms with van der Waals surface area (Å²) in [5, 5.41) is 10.8. The fraction of sp³-hybridized carbons (Fsp3) is 0.107. The van der Waals surface area contributed by atoms with Crippen molar-refractivity contribution < 1.29 is 13.9 Å². The van der Waals surface area contributed by atoms with Gasteiger partial charge in [0.15, 0.2) is 5.41 Å². The Labute approximate surface area is 205 Å². The van der Waals surface area contributed by atoms with Crippen molar-refractivity contribution in [1.29, 1.82) is 5.26 Å². The normalized spacial score (nSPS) is 18.2. The summed E-state index contributed by atoms with van der Waals surface area (Å²) in [4.78, 5) is 29.9. The van der Waals surface area contributed by atoms with Crippen LogP contribution in [0.1, 0.15) is 16.7 Å². The first-order chi connectivity index (χ1) is 17.4. The average Bonchev–Trinajstić information content (AvgIpc) is 3.11. The van der Waals surface area contributed by atoms with Gasteiger partial charge in [-0.15, -0.1) is 0 Å². The van der Waals surface area contributed by atoms with Gasteiger partial charge in [-0.3, -0.25) is 9.59 Å². The minimum absolute atomic E-state index is 0.0358. The molecule has 0 unspecified atom stereocenters. The number of nitriles is 1. The van der Waals surface area contributed by atoms with E-state index in [1.165, 1.54) is 21.6 Å². The van der Waals surface area contributed by atoms with E-state index >= 15 is 0 Å². The Morgan fingerprint density at radius 1 is 1.06 bits per heavy atom. The molecule has 2 aliphatic rings. The summed E-state index contributed by atoms with van der Waals surface area (Å²) in [6, 6.07) is 22.1. The molecule has 2 aliphatic heterocycles. The van der Waals surface area contributed by atoms with Gasteiger partial charge in [0.1, 0.15) is 23.2 Å². The van der Waals surface area contributed by atoms with Crippen LogP contribution in [-0.4, -0.2) is 10.5 Å². The minimum Gasteiger partial charge on any atom is -0.439 e. The second-order valence-corrected chi connectivity index (χ2v) is 8.83. The molecule has 3 aromatic carbocycles. The van der Waals surface area contributed by atoms with Crippen molar-refractivity contribution in [1.82, 2.24) is 4.57 Å². The summed E-state index contributed by atoms with van der Waals surface area (Å²) in [6.07, 6.45) is 0. The standard InChI is InChI=1S/C28H19FN4O3/c1-32-21-11-4-2-9-18(21)24-23(26(32)34)28(20(14-30)25(31)36-24)19-10-3-5-12-22(19)33(27(28)35)15-16-7-6-8-17(29)13-16/h2-13H,15,31H2,1H3/t28-/m0/s1. The monoisotopic (exact) mass is 478 g/mol. The van der Waals surface area contributed by atoms with Crippen LogP contribution in [0.5, 0.6) is 5.75 Å². The van der Waals surface area contributed by atoms with Crippen molar-refractivity contribution in [3.8, 4) is 11.8 Å². The Morgan fingerprint density at radius 2 is 1.81 bits per heavy atom. The van der Waals surface area contributed by atoms with Gasteiger partial charge in [0.05, 0.1) is 17.6 Å². The molecule has 0 saturated carbocycles. The van der Waals surface area contributed by atoms with E-state index in [0.717, 1.165) is 0 Å². The molecular weight excluding hydrogens is 459 g/mol. The van der Waals surface area contributed by atoms with Crippen LogP contribution in [0.15, 0.2) is 89.0 Å². The maximum absolute atomic E-state index is 14.5. The second kappa shape index (κ2) is 7.55. The molecule has 3 heterocycles. The number of fused-ring (bicyclic) bond motifs is 6. The number of nitrogens with zero attached hydrogens (tertiary/aromatic N) is 3. The smallest absolute Gasteiger partial charge is 0.259 e. The van der Waals surface area contributed by atoms with E-state index in [1.807, 2.05) is 0 Å². The molecule has 8 heteroatoms. The molecule has 4 aromatic rings. The van der Waals surface area contributed by atoms with Crippen LogP contribution < -0.4 is 20.9 Å².